The van der Waals surface area contributed by atoms with E-state index in [9.17, 15) is 4.79 Å². The van der Waals surface area contributed by atoms with Gasteiger partial charge in [0.15, 0.2) is 0 Å². The van der Waals surface area contributed by atoms with Crippen LogP contribution in [0.25, 0.3) is 11.0 Å². The Morgan fingerprint density at radius 2 is 2.00 bits per heavy atom. The number of nitrogens with zero attached hydrogens (tertiary/aromatic N) is 2. The zero-order chi connectivity index (χ0) is 17.6. The van der Waals surface area contributed by atoms with Gasteiger partial charge in [-0.05, 0) is 70.7 Å². The number of carbonyl (C=O) groups is 1. The van der Waals surface area contributed by atoms with Crippen LogP contribution in [0.2, 0.25) is 0 Å². The van der Waals surface area contributed by atoms with Crippen molar-refractivity contribution in [2.24, 2.45) is 11.3 Å². The van der Waals surface area contributed by atoms with Crippen molar-refractivity contribution in [3.8, 4) is 0 Å². The molecule has 4 rings (SSSR count). The summed E-state index contributed by atoms with van der Waals surface area (Å²) in [5, 5.41) is 6.64. The molecule has 1 aliphatic heterocycles. The Bertz CT molecular complexity index is 788. The number of hydrogen-bond acceptors (Lipinski definition) is 3. The second kappa shape index (κ2) is 6.13. The first kappa shape index (κ1) is 16.6. The minimum absolute atomic E-state index is 0.0818. The molecule has 1 saturated carbocycles. The number of piperidine rings is 1. The highest BCUT2D eigenvalue weighted by molar-refractivity contribution is 5.83. The van der Waals surface area contributed by atoms with Crippen molar-refractivity contribution < 1.29 is 4.79 Å². The summed E-state index contributed by atoms with van der Waals surface area (Å²) in [5.74, 6) is 1.34. The van der Waals surface area contributed by atoms with Crippen molar-refractivity contribution in [1.82, 2.24) is 20.2 Å². The fourth-order valence-corrected chi connectivity index (χ4v) is 4.49. The number of para-hydroxylation sites is 2. The molecule has 5 nitrogen and oxygen atoms in total. The Morgan fingerprint density at radius 3 is 2.72 bits per heavy atom. The smallest absolute Gasteiger partial charge is 0.224 e. The van der Waals surface area contributed by atoms with Gasteiger partial charge in [-0.1, -0.05) is 12.1 Å². The number of nitrogens with one attached hydrogen (secondary N) is 2. The van der Waals surface area contributed by atoms with Crippen LogP contribution in [0.15, 0.2) is 24.3 Å². The number of benzene rings is 1. The molecule has 2 atom stereocenters. The molecule has 0 bridgehead atoms. The van der Waals surface area contributed by atoms with Gasteiger partial charge in [-0.15, -0.1) is 0 Å². The second-order valence-corrected chi connectivity index (χ2v) is 8.02. The Balaban J connectivity index is 1.53. The van der Waals surface area contributed by atoms with E-state index in [2.05, 4.69) is 42.0 Å². The summed E-state index contributed by atoms with van der Waals surface area (Å²) in [7, 11) is 0. The summed E-state index contributed by atoms with van der Waals surface area (Å²) in [5.41, 5.74) is 2.40. The van der Waals surface area contributed by atoms with Crippen LogP contribution < -0.4 is 10.6 Å². The Morgan fingerprint density at radius 1 is 1.28 bits per heavy atom. The van der Waals surface area contributed by atoms with Crippen molar-refractivity contribution in [2.75, 3.05) is 13.1 Å². The van der Waals surface area contributed by atoms with Crippen LogP contribution in [0, 0.1) is 11.3 Å². The third kappa shape index (κ3) is 2.84. The fourth-order valence-electron chi connectivity index (χ4n) is 4.49. The molecule has 1 aromatic carbocycles. The molecule has 1 aliphatic carbocycles. The first-order chi connectivity index (χ1) is 12.0. The molecule has 1 saturated heterocycles. The van der Waals surface area contributed by atoms with Gasteiger partial charge in [-0.25, -0.2) is 4.98 Å². The van der Waals surface area contributed by atoms with Crippen molar-refractivity contribution in [1.29, 1.82) is 0 Å². The molecule has 2 aliphatic rings. The Hall–Kier alpha value is -1.88. The van der Waals surface area contributed by atoms with Gasteiger partial charge in [0.1, 0.15) is 5.82 Å². The van der Waals surface area contributed by atoms with E-state index in [4.69, 9.17) is 4.98 Å². The quantitative estimate of drug-likeness (QED) is 0.899. The number of aromatic nitrogens is 2. The maximum atomic E-state index is 12.8. The molecule has 134 valence electrons. The molecule has 5 heteroatoms. The highest BCUT2D eigenvalue weighted by atomic mass is 16.2. The summed E-state index contributed by atoms with van der Waals surface area (Å²) in [6.07, 6.45) is 3.31. The zero-order valence-corrected chi connectivity index (χ0v) is 15.4. The number of amides is 1. The number of fused-ring (bicyclic) bond motifs is 1. The number of rotatable bonds is 4. The minimum atomic E-state index is -0.0818. The van der Waals surface area contributed by atoms with E-state index in [1.54, 1.807) is 0 Å². The highest BCUT2D eigenvalue weighted by Gasteiger charge is 2.57. The van der Waals surface area contributed by atoms with E-state index in [1.807, 2.05) is 18.2 Å². The standard InChI is InChI=1S/C20H28N4O/c1-13(2)24-17-7-5-4-6-16(17)23-18(24)14(3)22-19(25)15-12-20(15)8-10-21-11-9-20/h4-7,13-15,21H,8-12H2,1-3H3,(H,22,25). The van der Waals surface area contributed by atoms with Crippen LogP contribution in [0.5, 0.6) is 0 Å². The van der Waals surface area contributed by atoms with Gasteiger partial charge in [0.05, 0.1) is 17.1 Å². The van der Waals surface area contributed by atoms with E-state index in [-0.39, 0.29) is 23.3 Å². The first-order valence-corrected chi connectivity index (χ1v) is 9.50. The summed E-state index contributed by atoms with van der Waals surface area (Å²) < 4.78 is 2.24. The predicted octanol–water partition coefficient (Wildman–Crippen LogP) is 3.18. The number of carbonyl (C=O) groups excluding carboxylic acids is 1. The molecule has 1 spiro atoms. The average molecular weight is 340 g/mol. The van der Waals surface area contributed by atoms with Crippen LogP contribution in [-0.4, -0.2) is 28.5 Å². The summed E-state index contributed by atoms with van der Waals surface area (Å²) in [4.78, 5) is 17.6. The maximum absolute atomic E-state index is 12.8. The molecular formula is C20H28N4O. The van der Waals surface area contributed by atoms with Crippen molar-refractivity contribution >= 4 is 16.9 Å². The third-order valence-electron chi connectivity index (χ3n) is 5.99. The van der Waals surface area contributed by atoms with Crippen LogP contribution in [-0.2, 0) is 4.79 Å². The monoisotopic (exact) mass is 340 g/mol. The van der Waals surface area contributed by atoms with E-state index >= 15 is 0 Å². The number of hydrogen-bond donors (Lipinski definition) is 2. The van der Waals surface area contributed by atoms with Gasteiger partial charge in [-0.2, -0.15) is 0 Å². The highest BCUT2D eigenvalue weighted by Crippen LogP contribution is 2.58. The lowest BCUT2D eigenvalue weighted by molar-refractivity contribution is -0.124. The normalized spacial score (nSPS) is 23.1. The Labute approximate surface area is 149 Å². The van der Waals surface area contributed by atoms with Gasteiger partial charge in [0.25, 0.3) is 0 Å². The summed E-state index contributed by atoms with van der Waals surface area (Å²) in [6, 6.07) is 8.42. The third-order valence-corrected chi connectivity index (χ3v) is 5.99. The van der Waals surface area contributed by atoms with Crippen molar-refractivity contribution in [3.05, 3.63) is 30.1 Å². The predicted molar refractivity (Wildman–Crippen MR) is 99.3 cm³/mol. The molecule has 2 fully saturated rings. The van der Waals surface area contributed by atoms with Gasteiger partial charge >= 0.3 is 0 Å². The van der Waals surface area contributed by atoms with Crippen molar-refractivity contribution in [3.63, 3.8) is 0 Å². The lowest BCUT2D eigenvalue weighted by atomic mass is 9.91. The SMILES string of the molecule is CC(NC(=O)C1CC12CCNCC2)c1nc2ccccc2n1C(C)C. The molecule has 2 N–H and O–H groups in total. The van der Waals surface area contributed by atoms with E-state index in [0.29, 0.717) is 6.04 Å². The Kier molecular flexibility index (Phi) is 4.07. The van der Waals surface area contributed by atoms with Crippen molar-refractivity contribution in [2.45, 2.75) is 52.1 Å². The lowest BCUT2D eigenvalue weighted by Crippen LogP contribution is -2.35. The lowest BCUT2D eigenvalue weighted by Gasteiger charge is -2.24. The minimum Gasteiger partial charge on any atom is -0.346 e. The largest absolute Gasteiger partial charge is 0.346 e. The van der Waals surface area contributed by atoms with E-state index in [1.165, 1.54) is 0 Å². The van der Waals surface area contributed by atoms with E-state index in [0.717, 1.165) is 49.2 Å². The fraction of sp³-hybridized carbons (Fsp3) is 0.600. The molecular weight excluding hydrogens is 312 g/mol. The molecule has 1 amide bonds. The van der Waals surface area contributed by atoms with Gasteiger partial charge in [0.2, 0.25) is 5.91 Å². The van der Waals surface area contributed by atoms with Gasteiger partial charge in [0, 0.05) is 12.0 Å². The summed E-state index contributed by atoms with van der Waals surface area (Å²) in [6.45, 7) is 8.47. The molecule has 25 heavy (non-hydrogen) atoms. The average Bonchev–Trinajstić information content (AvgIpc) is 3.14. The first-order valence-electron chi connectivity index (χ1n) is 9.50. The van der Waals surface area contributed by atoms with Crippen LogP contribution in [0.1, 0.15) is 57.9 Å². The van der Waals surface area contributed by atoms with Crippen LogP contribution >= 0.6 is 0 Å². The van der Waals surface area contributed by atoms with E-state index < -0.39 is 0 Å². The van der Waals surface area contributed by atoms with Gasteiger partial charge in [-0.3, -0.25) is 4.79 Å². The molecule has 0 radical (unpaired) electrons. The van der Waals surface area contributed by atoms with Crippen LogP contribution in [0.3, 0.4) is 0 Å². The molecule has 2 unspecified atom stereocenters. The molecule has 1 aromatic heterocycles. The maximum Gasteiger partial charge on any atom is 0.224 e. The second-order valence-electron chi connectivity index (χ2n) is 8.02. The number of imidazole rings is 1. The zero-order valence-electron chi connectivity index (χ0n) is 15.4. The van der Waals surface area contributed by atoms with Gasteiger partial charge < -0.3 is 15.2 Å². The topological polar surface area (TPSA) is 59.0 Å². The summed E-state index contributed by atoms with van der Waals surface area (Å²) >= 11 is 0. The van der Waals surface area contributed by atoms with Crippen LogP contribution in [0.4, 0.5) is 0 Å². The molecule has 2 heterocycles. The molecule has 2 aromatic rings.